The molecule has 0 bridgehead atoms. The molecule has 0 spiro atoms. The van der Waals surface area contributed by atoms with Gasteiger partial charge in [-0.2, -0.15) is 0 Å². The van der Waals surface area contributed by atoms with Gasteiger partial charge in [-0.15, -0.1) is 0 Å². The van der Waals surface area contributed by atoms with Gasteiger partial charge in [-0.3, -0.25) is 0 Å². The Balaban J connectivity index is 2.94. The van der Waals surface area contributed by atoms with E-state index < -0.39 is 8.80 Å². The summed E-state index contributed by atoms with van der Waals surface area (Å²) in [5.41, 5.74) is 1.32. The summed E-state index contributed by atoms with van der Waals surface area (Å²) in [6.07, 6.45) is 1.09. The maximum absolute atomic E-state index is 5.42. The molecule has 0 N–H and O–H groups in total. The minimum atomic E-state index is -2.64. The van der Waals surface area contributed by atoms with Crippen molar-refractivity contribution in [2.45, 2.75) is 6.42 Å². The maximum atomic E-state index is 5.42. The molecule has 0 fully saturated rings. The maximum Gasteiger partial charge on any atom is 0.536 e. The summed E-state index contributed by atoms with van der Waals surface area (Å²) in [6.45, 7) is 0. The van der Waals surface area contributed by atoms with Gasteiger partial charge in [-0.05, 0) is 12.0 Å². The Labute approximate surface area is 112 Å². The molecule has 3 nitrogen and oxygen atoms in total. The van der Waals surface area contributed by atoms with E-state index in [4.69, 9.17) is 13.3 Å². The minimum absolute atomic E-state index is 0.997. The summed E-state index contributed by atoms with van der Waals surface area (Å²) in [5, 5.41) is 0.997. The van der Waals surface area contributed by atoms with Gasteiger partial charge in [-0.25, -0.2) is 0 Å². The zero-order valence-corrected chi connectivity index (χ0v) is 13.0. The van der Waals surface area contributed by atoms with E-state index in [2.05, 4.69) is 34.7 Å². The molecule has 90 valence electrons. The van der Waals surface area contributed by atoms with Crippen LogP contribution in [0, 0.1) is 0 Å². The van der Waals surface area contributed by atoms with E-state index in [9.17, 15) is 0 Å². The summed E-state index contributed by atoms with van der Waals surface area (Å²) in [6, 6.07) is 8.27. The Morgan fingerprint density at radius 1 is 1.00 bits per heavy atom. The SMILES string of the molecule is CO[Si](OC)(OC)c1ccc(CCI)cc1. The average Bonchev–Trinajstić information content (AvgIpc) is 2.34. The molecule has 0 aliphatic carbocycles. The summed E-state index contributed by atoms with van der Waals surface area (Å²) in [4.78, 5) is 0. The molecule has 0 atom stereocenters. The molecule has 5 heteroatoms. The topological polar surface area (TPSA) is 27.7 Å². The molecule has 1 aromatic carbocycles. The molecule has 0 saturated carbocycles. The highest BCUT2D eigenvalue weighted by molar-refractivity contribution is 14.1. The molecular weight excluding hydrogens is 335 g/mol. The summed E-state index contributed by atoms with van der Waals surface area (Å²) >= 11 is 2.37. The fraction of sp³-hybridized carbons (Fsp3) is 0.455. The smallest absolute Gasteiger partial charge is 0.373 e. The van der Waals surface area contributed by atoms with Crippen molar-refractivity contribution in [3.63, 3.8) is 0 Å². The number of aryl methyl sites for hydroxylation is 1. The largest absolute Gasteiger partial charge is 0.536 e. The Hall–Kier alpha value is 0.0469. The minimum Gasteiger partial charge on any atom is -0.373 e. The van der Waals surface area contributed by atoms with Crippen LogP contribution in [0.1, 0.15) is 5.56 Å². The lowest BCUT2D eigenvalue weighted by atomic mass is 10.2. The first-order valence-corrected chi connectivity index (χ1v) is 8.28. The van der Waals surface area contributed by atoms with Gasteiger partial charge in [0, 0.05) is 30.9 Å². The van der Waals surface area contributed by atoms with E-state index in [-0.39, 0.29) is 0 Å². The first-order valence-electron chi connectivity index (χ1n) is 5.03. The van der Waals surface area contributed by atoms with Crippen LogP contribution in [0.15, 0.2) is 24.3 Å². The van der Waals surface area contributed by atoms with Crippen molar-refractivity contribution in [2.24, 2.45) is 0 Å². The van der Waals surface area contributed by atoms with Crippen LogP contribution in [0.4, 0.5) is 0 Å². The van der Waals surface area contributed by atoms with Crippen LogP contribution in [0.3, 0.4) is 0 Å². The zero-order chi connectivity index (χ0) is 12.0. The highest BCUT2D eigenvalue weighted by Crippen LogP contribution is 2.09. The van der Waals surface area contributed by atoms with Gasteiger partial charge in [0.1, 0.15) is 0 Å². The van der Waals surface area contributed by atoms with E-state index >= 15 is 0 Å². The van der Waals surface area contributed by atoms with Crippen LogP contribution in [-0.2, 0) is 19.7 Å². The predicted molar refractivity (Wildman–Crippen MR) is 75.4 cm³/mol. The highest BCUT2D eigenvalue weighted by Gasteiger charge is 2.40. The molecule has 1 rings (SSSR count). The van der Waals surface area contributed by atoms with Gasteiger partial charge < -0.3 is 13.3 Å². The summed E-state index contributed by atoms with van der Waals surface area (Å²) in [5.74, 6) is 0. The second kappa shape index (κ2) is 6.70. The van der Waals surface area contributed by atoms with Crippen LogP contribution in [0.25, 0.3) is 0 Å². The molecular formula is C11H17IO3Si. The fourth-order valence-electron chi connectivity index (χ4n) is 1.59. The monoisotopic (exact) mass is 352 g/mol. The van der Waals surface area contributed by atoms with Crippen molar-refractivity contribution in [3.8, 4) is 0 Å². The van der Waals surface area contributed by atoms with E-state index in [0.717, 1.165) is 16.0 Å². The Kier molecular flexibility index (Phi) is 5.91. The quantitative estimate of drug-likeness (QED) is 0.444. The first kappa shape index (κ1) is 14.1. The van der Waals surface area contributed by atoms with Crippen molar-refractivity contribution in [3.05, 3.63) is 29.8 Å². The number of benzene rings is 1. The molecule has 0 aliphatic heterocycles. The van der Waals surface area contributed by atoms with Crippen LogP contribution in [0.2, 0.25) is 0 Å². The number of hydrogen-bond donors (Lipinski definition) is 0. The average molecular weight is 352 g/mol. The van der Waals surface area contributed by atoms with E-state index in [1.165, 1.54) is 5.56 Å². The molecule has 0 radical (unpaired) electrons. The van der Waals surface area contributed by atoms with Gasteiger partial charge >= 0.3 is 8.80 Å². The van der Waals surface area contributed by atoms with Crippen molar-refractivity contribution in [2.75, 3.05) is 25.8 Å². The molecule has 0 unspecified atom stereocenters. The third kappa shape index (κ3) is 3.04. The Morgan fingerprint density at radius 2 is 1.50 bits per heavy atom. The third-order valence-corrected chi connectivity index (χ3v) is 5.69. The van der Waals surface area contributed by atoms with Crippen molar-refractivity contribution >= 4 is 36.6 Å². The predicted octanol–water partition coefficient (Wildman–Crippen LogP) is 1.75. The molecule has 1 aromatic rings. The molecule has 0 heterocycles. The van der Waals surface area contributed by atoms with E-state index in [1.54, 1.807) is 21.3 Å². The van der Waals surface area contributed by atoms with Crippen molar-refractivity contribution < 1.29 is 13.3 Å². The van der Waals surface area contributed by atoms with E-state index in [1.807, 2.05) is 12.1 Å². The lowest BCUT2D eigenvalue weighted by molar-refractivity contribution is 0.140. The molecule has 0 saturated heterocycles. The van der Waals surface area contributed by atoms with Crippen LogP contribution in [-0.4, -0.2) is 34.6 Å². The van der Waals surface area contributed by atoms with Crippen molar-refractivity contribution in [1.82, 2.24) is 0 Å². The van der Waals surface area contributed by atoms with Gasteiger partial charge in [0.25, 0.3) is 0 Å². The standard InChI is InChI=1S/C11H17IO3Si/c1-13-16(14-2,15-3)11-6-4-10(5-7-11)8-9-12/h4-7H,8-9H2,1-3H3. The van der Waals surface area contributed by atoms with Crippen LogP contribution < -0.4 is 5.19 Å². The number of halogens is 1. The first-order chi connectivity index (χ1) is 7.72. The Bertz CT molecular complexity index is 303. The molecule has 16 heavy (non-hydrogen) atoms. The van der Waals surface area contributed by atoms with Gasteiger partial charge in [0.15, 0.2) is 0 Å². The molecule has 0 amide bonds. The van der Waals surface area contributed by atoms with Gasteiger partial charge in [0.2, 0.25) is 0 Å². The van der Waals surface area contributed by atoms with Gasteiger partial charge in [-0.1, -0.05) is 46.9 Å². The summed E-state index contributed by atoms with van der Waals surface area (Å²) < 4.78 is 17.4. The number of alkyl halides is 1. The normalized spacial score (nSPS) is 11.8. The van der Waals surface area contributed by atoms with E-state index in [0.29, 0.717) is 0 Å². The van der Waals surface area contributed by atoms with Crippen LogP contribution in [0.5, 0.6) is 0 Å². The third-order valence-electron chi connectivity index (χ3n) is 2.50. The zero-order valence-electron chi connectivity index (χ0n) is 9.83. The Morgan fingerprint density at radius 3 is 1.88 bits per heavy atom. The lowest BCUT2D eigenvalue weighted by Gasteiger charge is -2.24. The molecule has 0 aliphatic rings. The highest BCUT2D eigenvalue weighted by atomic mass is 127. The number of hydrogen-bond acceptors (Lipinski definition) is 3. The lowest BCUT2D eigenvalue weighted by Crippen LogP contribution is -2.54. The summed E-state index contributed by atoms with van der Waals surface area (Å²) in [7, 11) is 2.23. The second-order valence-electron chi connectivity index (χ2n) is 3.30. The van der Waals surface area contributed by atoms with Crippen molar-refractivity contribution in [1.29, 1.82) is 0 Å². The van der Waals surface area contributed by atoms with Crippen LogP contribution >= 0.6 is 22.6 Å². The second-order valence-corrected chi connectivity index (χ2v) is 7.30. The molecule has 0 aromatic heterocycles. The van der Waals surface area contributed by atoms with Gasteiger partial charge in [0.05, 0.1) is 0 Å². The number of rotatable bonds is 6. The fourth-order valence-corrected chi connectivity index (χ4v) is 3.99.